The number of hydrogen-bond acceptors (Lipinski definition) is 7. The van der Waals surface area contributed by atoms with Crippen LogP contribution in [0.5, 0.6) is 0 Å². The van der Waals surface area contributed by atoms with E-state index in [9.17, 15) is 9.59 Å². The smallest absolute Gasteiger partial charge is 0.259 e. The third kappa shape index (κ3) is 3.26. The molecule has 0 aliphatic carbocycles. The second kappa shape index (κ2) is 7.44. The maximum atomic E-state index is 13.5. The van der Waals surface area contributed by atoms with Crippen LogP contribution in [0.2, 0.25) is 0 Å². The van der Waals surface area contributed by atoms with Crippen LogP contribution in [0, 0.1) is 13.8 Å². The second-order valence-electron chi connectivity index (χ2n) is 7.58. The van der Waals surface area contributed by atoms with Crippen LogP contribution in [-0.2, 0) is 4.74 Å². The Hall–Kier alpha value is -3.30. The quantitative estimate of drug-likeness (QED) is 0.527. The molecule has 1 saturated heterocycles. The van der Waals surface area contributed by atoms with Gasteiger partial charge in [-0.1, -0.05) is 23.4 Å². The van der Waals surface area contributed by atoms with Gasteiger partial charge in [-0.15, -0.1) is 11.3 Å². The van der Waals surface area contributed by atoms with Crippen molar-refractivity contribution in [3.63, 3.8) is 0 Å². The molecule has 0 unspecified atom stereocenters. The zero-order valence-electron chi connectivity index (χ0n) is 17.0. The lowest BCUT2D eigenvalue weighted by atomic mass is 10.0. The summed E-state index contributed by atoms with van der Waals surface area (Å²) in [6.07, 6.45) is -0.446. The van der Waals surface area contributed by atoms with E-state index in [4.69, 9.17) is 15.0 Å². The second-order valence-corrected chi connectivity index (χ2v) is 8.63. The highest BCUT2D eigenvalue weighted by molar-refractivity contribution is 7.21. The van der Waals surface area contributed by atoms with Crippen molar-refractivity contribution in [1.29, 1.82) is 0 Å². The molecular formula is C22H20N4O4S. The van der Waals surface area contributed by atoms with Gasteiger partial charge in [0.05, 0.1) is 34.7 Å². The number of pyridine rings is 1. The number of primary amides is 1. The van der Waals surface area contributed by atoms with Gasteiger partial charge in [-0.05, 0) is 31.4 Å². The Labute approximate surface area is 181 Å². The molecule has 31 heavy (non-hydrogen) atoms. The Morgan fingerprint density at radius 1 is 1.26 bits per heavy atom. The average Bonchev–Trinajstić information content (AvgIpc) is 3.33. The lowest BCUT2D eigenvalue weighted by Gasteiger charge is -2.33. The maximum Gasteiger partial charge on any atom is 0.259 e. The van der Waals surface area contributed by atoms with Crippen LogP contribution < -0.4 is 5.73 Å². The Balaban J connectivity index is 1.53. The predicted molar refractivity (Wildman–Crippen MR) is 116 cm³/mol. The number of rotatable bonds is 3. The third-order valence-electron chi connectivity index (χ3n) is 5.51. The summed E-state index contributed by atoms with van der Waals surface area (Å²) in [4.78, 5) is 32.2. The normalized spacial score (nSPS) is 16.8. The Morgan fingerprint density at radius 3 is 2.87 bits per heavy atom. The minimum Gasteiger partial charge on any atom is -0.370 e. The molecular weight excluding hydrogens is 416 g/mol. The Morgan fingerprint density at radius 2 is 2.06 bits per heavy atom. The van der Waals surface area contributed by atoms with Crippen molar-refractivity contribution in [3.8, 4) is 0 Å². The van der Waals surface area contributed by atoms with Crippen molar-refractivity contribution in [2.45, 2.75) is 20.0 Å². The minimum absolute atomic E-state index is 0.143. The number of fused-ring (bicyclic) bond motifs is 2. The number of carbonyl (C=O) groups excluding carboxylic acids is 2. The molecule has 5 rings (SSSR count). The van der Waals surface area contributed by atoms with Gasteiger partial charge in [-0.3, -0.25) is 9.59 Å². The van der Waals surface area contributed by atoms with E-state index in [1.807, 2.05) is 31.2 Å². The van der Waals surface area contributed by atoms with Gasteiger partial charge in [0.1, 0.15) is 6.10 Å². The number of carbonyl (C=O) groups is 2. The van der Waals surface area contributed by atoms with Crippen molar-refractivity contribution in [2.24, 2.45) is 5.73 Å². The molecule has 0 bridgehead atoms. The number of thiophene rings is 1. The van der Waals surface area contributed by atoms with Crippen LogP contribution in [0.25, 0.3) is 21.2 Å². The standard InChI is InChI=1S/C22H20N4O4S/c1-11-9-14(17-12(2)25-30-21(17)24-11)22(28)26-7-8-29-15(10-26)18-13-5-3-4-6-16(13)31-19(18)20(23)27/h3-6,9,15H,7-8,10H2,1-2H3,(H2,23,27)/t15-/m0/s1. The number of nitrogens with zero attached hydrogens (tertiary/aromatic N) is 3. The molecule has 2 N–H and O–H groups in total. The number of benzene rings is 1. The first-order valence-corrected chi connectivity index (χ1v) is 10.7. The van der Waals surface area contributed by atoms with E-state index in [2.05, 4.69) is 10.1 Å². The fourth-order valence-electron chi connectivity index (χ4n) is 4.13. The van der Waals surface area contributed by atoms with Crippen molar-refractivity contribution >= 4 is 44.3 Å². The summed E-state index contributed by atoms with van der Waals surface area (Å²) in [5.41, 5.74) is 8.58. The van der Waals surface area contributed by atoms with E-state index in [1.54, 1.807) is 17.9 Å². The zero-order valence-corrected chi connectivity index (χ0v) is 17.9. The molecule has 9 heteroatoms. The highest BCUT2D eigenvalue weighted by Crippen LogP contribution is 2.38. The summed E-state index contributed by atoms with van der Waals surface area (Å²) in [6, 6.07) is 9.50. The van der Waals surface area contributed by atoms with E-state index < -0.39 is 12.0 Å². The molecule has 4 heterocycles. The zero-order chi connectivity index (χ0) is 21.7. The number of aromatic nitrogens is 2. The molecule has 1 atom stereocenters. The van der Waals surface area contributed by atoms with Gasteiger partial charge in [0, 0.05) is 22.5 Å². The van der Waals surface area contributed by atoms with E-state index in [0.717, 1.165) is 15.6 Å². The first kappa shape index (κ1) is 19.7. The van der Waals surface area contributed by atoms with Gasteiger partial charge in [0.2, 0.25) is 0 Å². The predicted octanol–water partition coefficient (Wildman–Crippen LogP) is 3.37. The molecule has 1 fully saturated rings. The topological polar surface area (TPSA) is 112 Å². The van der Waals surface area contributed by atoms with Gasteiger partial charge in [0.25, 0.3) is 17.5 Å². The summed E-state index contributed by atoms with van der Waals surface area (Å²) in [5.74, 6) is -0.634. The monoisotopic (exact) mass is 436 g/mol. The van der Waals surface area contributed by atoms with Gasteiger partial charge >= 0.3 is 0 Å². The number of ether oxygens (including phenoxy) is 1. The molecule has 0 spiro atoms. The van der Waals surface area contributed by atoms with Gasteiger partial charge in [-0.2, -0.15) is 0 Å². The highest BCUT2D eigenvalue weighted by Gasteiger charge is 2.32. The number of morpholine rings is 1. The fraction of sp³-hybridized carbons (Fsp3) is 0.273. The largest absolute Gasteiger partial charge is 0.370 e. The van der Waals surface area contributed by atoms with Crippen molar-refractivity contribution in [1.82, 2.24) is 15.0 Å². The van der Waals surface area contributed by atoms with Crippen molar-refractivity contribution < 1.29 is 18.8 Å². The van der Waals surface area contributed by atoms with Gasteiger partial charge < -0.3 is 19.9 Å². The molecule has 1 aromatic carbocycles. The minimum atomic E-state index is -0.491. The van der Waals surface area contributed by atoms with Crippen LogP contribution in [0.3, 0.4) is 0 Å². The number of aryl methyl sites for hydroxylation is 2. The molecule has 158 valence electrons. The van der Waals surface area contributed by atoms with Gasteiger partial charge in [-0.25, -0.2) is 4.98 Å². The van der Waals surface area contributed by atoms with Gasteiger partial charge in [0.15, 0.2) is 0 Å². The molecule has 0 saturated carbocycles. The first-order chi connectivity index (χ1) is 14.9. The molecule has 8 nitrogen and oxygen atoms in total. The number of hydrogen-bond donors (Lipinski definition) is 1. The lowest BCUT2D eigenvalue weighted by Crippen LogP contribution is -2.42. The van der Waals surface area contributed by atoms with Crippen LogP contribution in [0.4, 0.5) is 0 Å². The molecule has 3 aromatic heterocycles. The molecule has 4 aromatic rings. The summed E-state index contributed by atoms with van der Waals surface area (Å²) >= 11 is 1.35. The molecule has 1 aliphatic rings. The summed E-state index contributed by atoms with van der Waals surface area (Å²) in [6.45, 7) is 4.71. The SMILES string of the molecule is Cc1cc(C(=O)N2CCO[C@H](c3c(C(N)=O)sc4ccccc34)C2)c2c(C)noc2n1. The number of nitrogens with two attached hydrogens (primary N) is 1. The summed E-state index contributed by atoms with van der Waals surface area (Å²) < 4.78 is 12.3. The maximum absolute atomic E-state index is 13.5. The summed E-state index contributed by atoms with van der Waals surface area (Å²) in [5, 5.41) is 5.51. The highest BCUT2D eigenvalue weighted by atomic mass is 32.1. The van der Waals surface area contributed by atoms with Crippen LogP contribution in [0.15, 0.2) is 34.9 Å². The first-order valence-electron chi connectivity index (χ1n) is 9.89. The number of amides is 2. The van der Waals surface area contributed by atoms with E-state index in [0.29, 0.717) is 52.6 Å². The average molecular weight is 436 g/mol. The molecule has 2 amide bonds. The van der Waals surface area contributed by atoms with E-state index in [-0.39, 0.29) is 5.91 Å². The molecule has 1 aliphatic heterocycles. The van der Waals surface area contributed by atoms with Crippen molar-refractivity contribution in [2.75, 3.05) is 19.7 Å². The third-order valence-corrected chi connectivity index (χ3v) is 6.71. The lowest BCUT2D eigenvalue weighted by molar-refractivity contribution is -0.0221. The van der Waals surface area contributed by atoms with Crippen LogP contribution in [-0.4, -0.2) is 46.6 Å². The van der Waals surface area contributed by atoms with Crippen LogP contribution >= 0.6 is 11.3 Å². The van der Waals surface area contributed by atoms with E-state index in [1.165, 1.54) is 11.3 Å². The summed E-state index contributed by atoms with van der Waals surface area (Å²) in [7, 11) is 0. The fourth-order valence-corrected chi connectivity index (χ4v) is 5.24. The van der Waals surface area contributed by atoms with Crippen molar-refractivity contribution in [3.05, 3.63) is 57.7 Å². The van der Waals surface area contributed by atoms with E-state index >= 15 is 0 Å². The molecule has 0 radical (unpaired) electrons. The van der Waals surface area contributed by atoms with Crippen LogP contribution in [0.1, 0.15) is 43.1 Å². The Kier molecular flexibility index (Phi) is 4.71. The Bertz CT molecular complexity index is 1340.